The average Bonchev–Trinajstić information content (AvgIpc) is 2.26. The molecule has 0 amide bonds. The lowest BCUT2D eigenvalue weighted by molar-refractivity contribution is 0.302. The third-order valence-corrected chi connectivity index (χ3v) is 3.04. The Labute approximate surface area is 101 Å². The van der Waals surface area contributed by atoms with E-state index in [2.05, 4.69) is 48.0 Å². The normalized spacial score (nSPS) is 10.3. The summed E-state index contributed by atoms with van der Waals surface area (Å²) in [6.45, 7) is 5.14. The highest BCUT2D eigenvalue weighted by molar-refractivity contribution is 9.08. The van der Waals surface area contributed by atoms with Crippen LogP contribution in [0.25, 0.3) is 0 Å². The van der Waals surface area contributed by atoms with E-state index in [1.54, 1.807) is 0 Å². The number of halogens is 1. The summed E-state index contributed by atoms with van der Waals surface area (Å²) in [5, 5.41) is 0.859. The zero-order chi connectivity index (χ0) is 11.1. The number of hydrogen-bond acceptors (Lipinski definition) is 1. The molecule has 0 bridgehead atoms. The summed E-state index contributed by atoms with van der Waals surface area (Å²) in [6, 6.07) is 6.28. The van der Waals surface area contributed by atoms with Crippen LogP contribution in [0.15, 0.2) is 18.2 Å². The second kappa shape index (κ2) is 6.89. The largest absolute Gasteiger partial charge is 0.493 e. The van der Waals surface area contributed by atoms with Crippen LogP contribution in [0.1, 0.15) is 37.3 Å². The van der Waals surface area contributed by atoms with Crippen LogP contribution in [-0.2, 0) is 5.33 Å². The second-order valence-electron chi connectivity index (χ2n) is 3.75. The average molecular weight is 271 g/mol. The van der Waals surface area contributed by atoms with Crippen molar-refractivity contribution in [3.63, 3.8) is 0 Å². The van der Waals surface area contributed by atoms with Crippen molar-refractivity contribution in [3.05, 3.63) is 29.3 Å². The fourth-order valence-corrected chi connectivity index (χ4v) is 1.99. The third-order valence-electron chi connectivity index (χ3n) is 2.43. The van der Waals surface area contributed by atoms with E-state index >= 15 is 0 Å². The van der Waals surface area contributed by atoms with E-state index in [0.29, 0.717) is 0 Å². The quantitative estimate of drug-likeness (QED) is 0.548. The van der Waals surface area contributed by atoms with Crippen molar-refractivity contribution >= 4 is 15.9 Å². The van der Waals surface area contributed by atoms with Crippen molar-refractivity contribution in [2.24, 2.45) is 0 Å². The van der Waals surface area contributed by atoms with Crippen molar-refractivity contribution in [3.8, 4) is 5.75 Å². The van der Waals surface area contributed by atoms with E-state index < -0.39 is 0 Å². The van der Waals surface area contributed by atoms with Crippen LogP contribution in [0, 0.1) is 6.92 Å². The Bertz CT molecular complexity index is 297. The summed E-state index contributed by atoms with van der Waals surface area (Å²) in [6.07, 6.45) is 3.63. The highest BCUT2D eigenvalue weighted by atomic mass is 79.9. The standard InChI is InChI=1S/C13H19BrO/c1-3-4-5-9-15-13-11(2)7-6-8-12(13)10-14/h6-8H,3-5,9-10H2,1-2H3. The minimum atomic E-state index is 0.832. The zero-order valence-corrected chi connectivity index (χ0v) is 11.1. The number of unbranched alkanes of at least 4 members (excludes halogenated alkanes) is 2. The van der Waals surface area contributed by atoms with Gasteiger partial charge in [0.05, 0.1) is 6.61 Å². The van der Waals surface area contributed by atoms with Gasteiger partial charge in [-0.3, -0.25) is 0 Å². The highest BCUT2D eigenvalue weighted by Crippen LogP contribution is 2.25. The van der Waals surface area contributed by atoms with E-state index in [1.165, 1.54) is 24.0 Å². The van der Waals surface area contributed by atoms with Gasteiger partial charge in [-0.15, -0.1) is 0 Å². The van der Waals surface area contributed by atoms with E-state index in [4.69, 9.17) is 4.74 Å². The molecule has 1 aromatic rings. The summed E-state index contributed by atoms with van der Waals surface area (Å²) in [5.74, 6) is 1.06. The maximum absolute atomic E-state index is 5.83. The fourth-order valence-electron chi connectivity index (χ4n) is 1.55. The Morgan fingerprint density at radius 1 is 1.27 bits per heavy atom. The molecule has 0 aliphatic carbocycles. The number of para-hydroxylation sites is 1. The molecule has 0 aliphatic heterocycles. The van der Waals surface area contributed by atoms with Gasteiger partial charge in [0.15, 0.2) is 0 Å². The molecule has 0 unspecified atom stereocenters. The monoisotopic (exact) mass is 270 g/mol. The molecule has 1 nitrogen and oxygen atoms in total. The molecule has 0 N–H and O–H groups in total. The first-order valence-electron chi connectivity index (χ1n) is 5.56. The number of alkyl halides is 1. The second-order valence-corrected chi connectivity index (χ2v) is 4.31. The highest BCUT2D eigenvalue weighted by Gasteiger charge is 2.04. The van der Waals surface area contributed by atoms with Crippen LogP contribution >= 0.6 is 15.9 Å². The molecule has 1 rings (SSSR count). The molecule has 1 aromatic carbocycles. The first kappa shape index (κ1) is 12.6. The van der Waals surface area contributed by atoms with Gasteiger partial charge < -0.3 is 4.74 Å². The summed E-state index contributed by atoms with van der Waals surface area (Å²) < 4.78 is 5.83. The predicted molar refractivity (Wildman–Crippen MR) is 68.8 cm³/mol. The van der Waals surface area contributed by atoms with Crippen molar-refractivity contribution in [1.29, 1.82) is 0 Å². The van der Waals surface area contributed by atoms with E-state index in [9.17, 15) is 0 Å². The van der Waals surface area contributed by atoms with Gasteiger partial charge in [-0.25, -0.2) is 0 Å². The van der Waals surface area contributed by atoms with Crippen LogP contribution in [0.4, 0.5) is 0 Å². The molecule has 0 heterocycles. The maximum Gasteiger partial charge on any atom is 0.126 e. The minimum absolute atomic E-state index is 0.832. The maximum atomic E-state index is 5.83. The van der Waals surface area contributed by atoms with E-state index in [-0.39, 0.29) is 0 Å². The van der Waals surface area contributed by atoms with Crippen LogP contribution < -0.4 is 4.74 Å². The van der Waals surface area contributed by atoms with Gasteiger partial charge >= 0.3 is 0 Å². The van der Waals surface area contributed by atoms with Gasteiger partial charge in [-0.1, -0.05) is 53.9 Å². The number of rotatable bonds is 6. The van der Waals surface area contributed by atoms with Gasteiger partial charge in [0.2, 0.25) is 0 Å². The Balaban J connectivity index is 2.58. The van der Waals surface area contributed by atoms with Gasteiger partial charge in [-0.2, -0.15) is 0 Å². The predicted octanol–water partition coefficient (Wildman–Crippen LogP) is 4.46. The molecule has 0 spiro atoms. The summed E-state index contributed by atoms with van der Waals surface area (Å²) in [4.78, 5) is 0. The van der Waals surface area contributed by atoms with E-state index in [1.807, 2.05) is 0 Å². The van der Waals surface area contributed by atoms with E-state index in [0.717, 1.165) is 24.1 Å². The lowest BCUT2D eigenvalue weighted by atomic mass is 10.1. The van der Waals surface area contributed by atoms with Crippen molar-refractivity contribution in [1.82, 2.24) is 0 Å². The number of hydrogen-bond donors (Lipinski definition) is 0. The molecule has 0 aromatic heterocycles. The zero-order valence-electron chi connectivity index (χ0n) is 9.55. The first-order chi connectivity index (χ1) is 7.29. The SMILES string of the molecule is CCCCCOc1c(C)cccc1CBr. The van der Waals surface area contributed by atoms with Gasteiger partial charge in [-0.05, 0) is 18.9 Å². The van der Waals surface area contributed by atoms with Gasteiger partial charge in [0.25, 0.3) is 0 Å². The molecular formula is C13H19BrO. The van der Waals surface area contributed by atoms with Crippen molar-refractivity contribution in [2.75, 3.05) is 6.61 Å². The molecule has 0 aliphatic rings. The number of benzene rings is 1. The van der Waals surface area contributed by atoms with Gasteiger partial charge in [0, 0.05) is 10.9 Å². The van der Waals surface area contributed by atoms with Crippen molar-refractivity contribution < 1.29 is 4.74 Å². The summed E-state index contributed by atoms with van der Waals surface area (Å²) >= 11 is 3.49. The third kappa shape index (κ3) is 3.86. The number of ether oxygens (including phenoxy) is 1. The van der Waals surface area contributed by atoms with Crippen LogP contribution in [0.5, 0.6) is 5.75 Å². The molecule has 0 atom stereocenters. The summed E-state index contributed by atoms with van der Waals surface area (Å²) in [5.41, 5.74) is 2.47. The Morgan fingerprint density at radius 2 is 2.07 bits per heavy atom. The first-order valence-corrected chi connectivity index (χ1v) is 6.69. The molecule has 0 radical (unpaired) electrons. The van der Waals surface area contributed by atoms with Crippen LogP contribution in [-0.4, -0.2) is 6.61 Å². The molecule has 15 heavy (non-hydrogen) atoms. The smallest absolute Gasteiger partial charge is 0.126 e. The summed E-state index contributed by atoms with van der Waals surface area (Å²) in [7, 11) is 0. The van der Waals surface area contributed by atoms with Crippen LogP contribution in [0.3, 0.4) is 0 Å². The minimum Gasteiger partial charge on any atom is -0.493 e. The topological polar surface area (TPSA) is 9.23 Å². The van der Waals surface area contributed by atoms with Crippen molar-refractivity contribution in [2.45, 2.75) is 38.4 Å². The molecule has 0 fully saturated rings. The lowest BCUT2D eigenvalue weighted by Crippen LogP contribution is -2.01. The number of aryl methyl sites for hydroxylation is 1. The molecule has 0 saturated heterocycles. The Morgan fingerprint density at radius 3 is 2.73 bits per heavy atom. The lowest BCUT2D eigenvalue weighted by Gasteiger charge is -2.12. The molecular weight excluding hydrogens is 252 g/mol. The van der Waals surface area contributed by atoms with Crippen LogP contribution in [0.2, 0.25) is 0 Å². The fraction of sp³-hybridized carbons (Fsp3) is 0.538. The molecule has 2 heteroatoms. The molecule has 84 valence electrons. The Hall–Kier alpha value is -0.500. The van der Waals surface area contributed by atoms with Gasteiger partial charge in [0.1, 0.15) is 5.75 Å². The Kier molecular flexibility index (Phi) is 5.77. The molecule has 0 saturated carbocycles.